The van der Waals surface area contributed by atoms with Gasteiger partial charge in [-0.3, -0.25) is 4.79 Å². The highest BCUT2D eigenvalue weighted by atomic mass is 19.3. The lowest BCUT2D eigenvalue weighted by atomic mass is 10.1. The first kappa shape index (κ1) is 18.6. The molecule has 0 aliphatic carbocycles. The molecule has 2 atom stereocenters. The zero-order chi connectivity index (χ0) is 17.5. The van der Waals surface area contributed by atoms with Gasteiger partial charge in [-0.2, -0.15) is 8.78 Å². The Bertz CT molecular complexity index is 547. The number of carbonyl (C=O) groups is 1. The molecule has 5 nitrogen and oxygen atoms in total. The van der Waals surface area contributed by atoms with E-state index >= 15 is 0 Å². The molecule has 0 aromatic heterocycles. The minimum Gasteiger partial charge on any atom is -0.433 e. The Morgan fingerprint density at radius 2 is 2.21 bits per heavy atom. The van der Waals surface area contributed by atoms with Gasteiger partial charge in [-0.15, -0.1) is 0 Å². The van der Waals surface area contributed by atoms with E-state index in [9.17, 15) is 13.6 Å². The second kappa shape index (κ2) is 8.94. The Morgan fingerprint density at radius 1 is 1.42 bits per heavy atom. The fourth-order valence-electron chi connectivity index (χ4n) is 2.49. The molecule has 1 heterocycles. The molecule has 134 valence electrons. The van der Waals surface area contributed by atoms with E-state index in [2.05, 4.69) is 10.1 Å². The molecule has 0 bridgehead atoms. The summed E-state index contributed by atoms with van der Waals surface area (Å²) >= 11 is 0. The van der Waals surface area contributed by atoms with Gasteiger partial charge in [-0.1, -0.05) is 12.1 Å². The number of aryl methyl sites for hydroxylation is 1. The van der Waals surface area contributed by atoms with Gasteiger partial charge in [-0.05, 0) is 44.7 Å². The standard InChI is InChI=1S/C17H23F2NO4/c1-11-6-5-8-14(24-17(18)19)15(11)20-16(21)12(2)23-10-13-7-3-4-9-22-13/h5-6,8,12-13,17H,3-4,7,9-10H2,1-2H3,(H,20,21)/t12-,13+/m1/s1. The summed E-state index contributed by atoms with van der Waals surface area (Å²) in [6.07, 6.45) is 2.33. The Morgan fingerprint density at radius 3 is 2.88 bits per heavy atom. The van der Waals surface area contributed by atoms with E-state index in [4.69, 9.17) is 9.47 Å². The lowest BCUT2D eigenvalue weighted by molar-refractivity contribution is -0.130. The average Bonchev–Trinajstić information content (AvgIpc) is 2.56. The van der Waals surface area contributed by atoms with Crippen LogP contribution >= 0.6 is 0 Å². The van der Waals surface area contributed by atoms with E-state index < -0.39 is 18.6 Å². The molecule has 1 aliphatic rings. The molecule has 1 aromatic rings. The Hall–Kier alpha value is -1.73. The van der Waals surface area contributed by atoms with Crippen molar-refractivity contribution in [2.45, 2.75) is 51.9 Å². The van der Waals surface area contributed by atoms with E-state index in [1.54, 1.807) is 26.0 Å². The van der Waals surface area contributed by atoms with Crippen LogP contribution in [0.25, 0.3) is 0 Å². The summed E-state index contributed by atoms with van der Waals surface area (Å²) in [5.74, 6) is -0.486. The molecule has 1 fully saturated rings. The molecule has 1 aliphatic heterocycles. The SMILES string of the molecule is Cc1cccc(OC(F)F)c1NC(=O)[C@@H](C)OC[C@@H]1CCCCO1. The first-order chi connectivity index (χ1) is 11.5. The fourth-order valence-corrected chi connectivity index (χ4v) is 2.49. The van der Waals surface area contributed by atoms with E-state index in [0.29, 0.717) is 18.8 Å². The van der Waals surface area contributed by atoms with Gasteiger partial charge in [-0.25, -0.2) is 0 Å². The summed E-state index contributed by atoms with van der Waals surface area (Å²) in [6.45, 7) is 1.41. The van der Waals surface area contributed by atoms with Crippen LogP contribution in [-0.2, 0) is 14.3 Å². The van der Waals surface area contributed by atoms with Crippen LogP contribution in [0.1, 0.15) is 31.7 Å². The lowest BCUT2D eigenvalue weighted by Crippen LogP contribution is -2.33. The average molecular weight is 343 g/mol. The van der Waals surface area contributed by atoms with Crippen LogP contribution in [0.2, 0.25) is 0 Å². The second-order valence-corrected chi connectivity index (χ2v) is 5.78. The minimum absolute atomic E-state index is 0.00480. The van der Waals surface area contributed by atoms with Crippen LogP contribution < -0.4 is 10.1 Å². The quantitative estimate of drug-likeness (QED) is 0.823. The number of nitrogens with one attached hydrogen (secondary N) is 1. The second-order valence-electron chi connectivity index (χ2n) is 5.78. The lowest BCUT2D eigenvalue weighted by Gasteiger charge is -2.24. The number of benzene rings is 1. The monoisotopic (exact) mass is 343 g/mol. The molecule has 7 heteroatoms. The number of alkyl halides is 2. The van der Waals surface area contributed by atoms with Gasteiger partial charge in [0, 0.05) is 6.61 Å². The highest BCUT2D eigenvalue weighted by Gasteiger charge is 2.21. The predicted octanol–water partition coefficient (Wildman–Crippen LogP) is 3.51. The number of rotatable bonds is 7. The van der Waals surface area contributed by atoms with Gasteiger partial charge in [0.1, 0.15) is 11.9 Å². The summed E-state index contributed by atoms with van der Waals surface area (Å²) in [5.41, 5.74) is 0.858. The van der Waals surface area contributed by atoms with Crippen molar-refractivity contribution in [3.8, 4) is 5.75 Å². The number of amides is 1. The van der Waals surface area contributed by atoms with E-state index in [1.807, 2.05) is 0 Å². The van der Waals surface area contributed by atoms with Crippen LogP contribution in [0.4, 0.5) is 14.5 Å². The van der Waals surface area contributed by atoms with Gasteiger partial charge in [0.25, 0.3) is 5.91 Å². The summed E-state index contributed by atoms with van der Waals surface area (Å²) in [4.78, 5) is 12.3. The van der Waals surface area contributed by atoms with Crippen molar-refractivity contribution in [3.63, 3.8) is 0 Å². The first-order valence-electron chi connectivity index (χ1n) is 8.06. The molecule has 24 heavy (non-hydrogen) atoms. The third-order valence-electron chi connectivity index (χ3n) is 3.87. The molecule has 0 unspecified atom stereocenters. The van der Waals surface area contributed by atoms with Crippen LogP contribution in [-0.4, -0.2) is 37.9 Å². The zero-order valence-electron chi connectivity index (χ0n) is 13.9. The van der Waals surface area contributed by atoms with Crippen molar-refractivity contribution in [2.24, 2.45) is 0 Å². The normalized spacial score (nSPS) is 19.1. The molecule has 1 amide bonds. The summed E-state index contributed by atoms with van der Waals surface area (Å²) in [7, 11) is 0. The van der Waals surface area contributed by atoms with Gasteiger partial charge in [0.2, 0.25) is 0 Å². The van der Waals surface area contributed by atoms with Crippen LogP contribution in [0.3, 0.4) is 0 Å². The van der Waals surface area contributed by atoms with Crippen LogP contribution in [0.5, 0.6) is 5.75 Å². The zero-order valence-corrected chi connectivity index (χ0v) is 13.9. The third-order valence-corrected chi connectivity index (χ3v) is 3.87. The van der Waals surface area contributed by atoms with Crippen molar-refractivity contribution in [1.29, 1.82) is 0 Å². The molecular weight excluding hydrogens is 320 g/mol. The molecule has 1 aromatic carbocycles. The van der Waals surface area contributed by atoms with Crippen molar-refractivity contribution < 1.29 is 27.8 Å². The number of halogens is 2. The first-order valence-corrected chi connectivity index (χ1v) is 8.06. The Kier molecular flexibility index (Phi) is 6.93. The number of hydrogen-bond donors (Lipinski definition) is 1. The maximum absolute atomic E-state index is 12.5. The summed E-state index contributed by atoms with van der Waals surface area (Å²) in [6, 6.07) is 4.68. The maximum Gasteiger partial charge on any atom is 0.387 e. The minimum atomic E-state index is -2.96. The fraction of sp³-hybridized carbons (Fsp3) is 0.588. The van der Waals surface area contributed by atoms with Crippen molar-refractivity contribution in [2.75, 3.05) is 18.5 Å². The van der Waals surface area contributed by atoms with E-state index in [1.165, 1.54) is 6.07 Å². The topological polar surface area (TPSA) is 56.8 Å². The molecule has 0 saturated carbocycles. The Balaban J connectivity index is 1.93. The van der Waals surface area contributed by atoms with Crippen molar-refractivity contribution in [3.05, 3.63) is 23.8 Å². The molecular formula is C17H23F2NO4. The highest BCUT2D eigenvalue weighted by Crippen LogP contribution is 2.29. The number of anilines is 1. The summed E-state index contributed by atoms with van der Waals surface area (Å²) < 4.78 is 40.5. The number of carbonyl (C=O) groups excluding carboxylic acids is 1. The Labute approximate surface area is 140 Å². The van der Waals surface area contributed by atoms with Gasteiger partial charge >= 0.3 is 6.61 Å². The van der Waals surface area contributed by atoms with Gasteiger partial charge in [0.15, 0.2) is 0 Å². The van der Waals surface area contributed by atoms with E-state index in [-0.39, 0.29) is 17.5 Å². The van der Waals surface area contributed by atoms with Gasteiger partial charge in [0.05, 0.1) is 18.4 Å². The number of hydrogen-bond acceptors (Lipinski definition) is 4. The summed E-state index contributed by atoms with van der Waals surface area (Å²) in [5, 5.41) is 2.61. The number of ether oxygens (including phenoxy) is 3. The van der Waals surface area contributed by atoms with Crippen LogP contribution in [0, 0.1) is 6.92 Å². The third kappa shape index (κ3) is 5.42. The van der Waals surface area contributed by atoms with Crippen LogP contribution in [0.15, 0.2) is 18.2 Å². The highest BCUT2D eigenvalue weighted by molar-refractivity contribution is 5.96. The molecule has 1 N–H and O–H groups in total. The van der Waals surface area contributed by atoms with Gasteiger partial charge < -0.3 is 19.5 Å². The number of para-hydroxylation sites is 1. The predicted molar refractivity (Wildman–Crippen MR) is 85.4 cm³/mol. The molecule has 0 radical (unpaired) electrons. The molecule has 0 spiro atoms. The van der Waals surface area contributed by atoms with Crippen molar-refractivity contribution in [1.82, 2.24) is 0 Å². The largest absolute Gasteiger partial charge is 0.433 e. The smallest absolute Gasteiger partial charge is 0.387 e. The maximum atomic E-state index is 12.5. The molecule has 1 saturated heterocycles. The van der Waals surface area contributed by atoms with E-state index in [0.717, 1.165) is 19.3 Å². The van der Waals surface area contributed by atoms with Crippen molar-refractivity contribution >= 4 is 11.6 Å². The molecule has 2 rings (SSSR count).